The summed E-state index contributed by atoms with van der Waals surface area (Å²) in [7, 11) is 10.9. The van der Waals surface area contributed by atoms with Crippen LogP contribution < -0.4 is 15.2 Å². The number of esters is 1. The van der Waals surface area contributed by atoms with E-state index in [1.54, 1.807) is 6.07 Å². The molecule has 210 valence electrons. The Kier molecular flexibility index (Phi) is 8.19. The summed E-state index contributed by atoms with van der Waals surface area (Å²) in [5, 5.41) is 18.0. The molecule has 0 amide bonds. The predicted molar refractivity (Wildman–Crippen MR) is 157 cm³/mol. The number of likely N-dealkylation sites (N-methyl/N-ethyl adjacent to an activating group) is 2. The van der Waals surface area contributed by atoms with E-state index in [4.69, 9.17) is 9.72 Å². The molecule has 0 aliphatic heterocycles. The first-order chi connectivity index (χ1) is 19.0. The number of rotatable bonds is 10. The fourth-order valence-electron chi connectivity index (χ4n) is 4.45. The second kappa shape index (κ2) is 11.6. The Morgan fingerprint density at radius 3 is 2.50 bits per heavy atom. The number of benzene rings is 2. The van der Waals surface area contributed by atoms with Crippen LogP contribution in [0.5, 0.6) is 0 Å². The van der Waals surface area contributed by atoms with Crippen molar-refractivity contribution in [1.29, 1.82) is 0 Å². The molecular weight excluding hydrogens is 512 g/mol. The zero-order valence-electron chi connectivity index (χ0n) is 23.8. The lowest BCUT2D eigenvalue weighted by atomic mass is 10.1. The van der Waals surface area contributed by atoms with Gasteiger partial charge >= 0.3 is 5.97 Å². The molecule has 0 unspecified atom stereocenters. The molecule has 0 spiro atoms. The Hall–Kier alpha value is -4.71. The number of anilines is 3. The van der Waals surface area contributed by atoms with Crippen molar-refractivity contribution in [2.75, 3.05) is 70.7 Å². The monoisotopic (exact) mass is 546 g/mol. The molecule has 4 rings (SSSR count). The van der Waals surface area contributed by atoms with E-state index in [0.29, 0.717) is 23.6 Å². The van der Waals surface area contributed by atoms with Crippen molar-refractivity contribution in [3.05, 3.63) is 70.0 Å². The number of aromatic nitrogens is 3. The number of nitrogens with zero attached hydrogens (tertiary/aromatic N) is 7. The number of fused-ring (bicyclic) bond motifs is 1. The standard InChI is InChI=1S/C28H34N8O4/c1-18-14-24(34(6)13-12-32(2)3)25(36(38)39)15-22(18)30-28-29-16-20(27(37)40-7)26(31-28)21-17-35(33(4)5)23-11-9-8-10-19(21)23/h8-11,14-17H,12-13H2,1-7H3,(H,29,30,31). The highest BCUT2D eigenvalue weighted by atomic mass is 16.6. The van der Waals surface area contributed by atoms with Gasteiger partial charge in [-0.3, -0.25) is 14.8 Å². The lowest BCUT2D eigenvalue weighted by molar-refractivity contribution is -0.384. The highest BCUT2D eigenvalue weighted by Gasteiger charge is 2.23. The number of methoxy groups -OCH3 is 1. The second-order valence-electron chi connectivity index (χ2n) is 9.96. The van der Waals surface area contributed by atoms with Gasteiger partial charge < -0.3 is 24.9 Å². The SMILES string of the molecule is COC(=O)c1cnc(Nc2cc([N+](=O)[O-])c(N(C)CCN(C)C)cc2C)nc1-c1cn(N(C)C)c2ccccc12. The van der Waals surface area contributed by atoms with Gasteiger partial charge in [-0.25, -0.2) is 14.8 Å². The van der Waals surface area contributed by atoms with Crippen LogP contribution in [0.2, 0.25) is 0 Å². The van der Waals surface area contributed by atoms with Gasteiger partial charge in [-0.15, -0.1) is 0 Å². The van der Waals surface area contributed by atoms with Gasteiger partial charge in [0.05, 0.1) is 28.9 Å². The van der Waals surface area contributed by atoms with Crippen LogP contribution in [-0.4, -0.2) is 85.9 Å². The fourth-order valence-corrected chi connectivity index (χ4v) is 4.45. The van der Waals surface area contributed by atoms with Crippen molar-refractivity contribution in [3.63, 3.8) is 0 Å². The van der Waals surface area contributed by atoms with Gasteiger partial charge in [0.2, 0.25) is 5.95 Å². The summed E-state index contributed by atoms with van der Waals surface area (Å²) in [6.45, 7) is 3.24. The molecule has 0 saturated heterocycles. The Morgan fingerprint density at radius 2 is 1.85 bits per heavy atom. The molecule has 2 aromatic carbocycles. The third kappa shape index (κ3) is 5.66. The van der Waals surface area contributed by atoms with Crippen LogP contribution in [0.3, 0.4) is 0 Å². The average Bonchev–Trinajstić information content (AvgIpc) is 3.32. The molecule has 12 heteroatoms. The molecule has 2 aromatic heterocycles. The quantitative estimate of drug-likeness (QED) is 0.177. The maximum Gasteiger partial charge on any atom is 0.341 e. The lowest BCUT2D eigenvalue weighted by Gasteiger charge is -2.22. The van der Waals surface area contributed by atoms with E-state index in [0.717, 1.165) is 28.6 Å². The molecular formula is C28H34N8O4. The third-order valence-electron chi connectivity index (χ3n) is 6.63. The van der Waals surface area contributed by atoms with Crippen LogP contribution in [0, 0.1) is 17.0 Å². The van der Waals surface area contributed by atoms with Gasteiger partial charge in [-0.05, 0) is 38.7 Å². The van der Waals surface area contributed by atoms with Gasteiger partial charge in [-0.2, -0.15) is 0 Å². The summed E-state index contributed by atoms with van der Waals surface area (Å²) >= 11 is 0. The van der Waals surface area contributed by atoms with E-state index >= 15 is 0 Å². The van der Waals surface area contributed by atoms with Gasteiger partial charge in [-0.1, -0.05) is 18.2 Å². The average molecular weight is 547 g/mol. The van der Waals surface area contributed by atoms with Gasteiger partial charge in [0, 0.05) is 63.6 Å². The summed E-state index contributed by atoms with van der Waals surface area (Å²) in [5.74, 6) is -0.379. The summed E-state index contributed by atoms with van der Waals surface area (Å²) < 4.78 is 6.97. The van der Waals surface area contributed by atoms with Crippen molar-refractivity contribution in [1.82, 2.24) is 19.5 Å². The van der Waals surface area contributed by atoms with E-state index in [1.807, 2.05) is 92.1 Å². The van der Waals surface area contributed by atoms with E-state index in [2.05, 4.69) is 10.3 Å². The highest BCUT2D eigenvalue weighted by molar-refractivity contribution is 6.03. The van der Waals surface area contributed by atoms with Gasteiger partial charge in [0.25, 0.3) is 5.69 Å². The highest BCUT2D eigenvalue weighted by Crippen LogP contribution is 2.36. The Balaban J connectivity index is 1.80. The Bertz CT molecular complexity index is 1560. The topological polar surface area (TPSA) is 122 Å². The van der Waals surface area contributed by atoms with Crippen LogP contribution in [0.1, 0.15) is 15.9 Å². The van der Waals surface area contributed by atoms with Crippen LogP contribution in [0.25, 0.3) is 22.2 Å². The molecule has 0 bridgehead atoms. The van der Waals surface area contributed by atoms with Crippen LogP contribution in [-0.2, 0) is 4.74 Å². The number of para-hydroxylation sites is 1. The van der Waals surface area contributed by atoms with Crippen LogP contribution in [0.15, 0.2) is 48.8 Å². The molecule has 40 heavy (non-hydrogen) atoms. The van der Waals surface area contributed by atoms with Gasteiger partial charge in [0.15, 0.2) is 0 Å². The zero-order valence-corrected chi connectivity index (χ0v) is 23.8. The molecule has 2 heterocycles. The molecule has 1 N–H and O–H groups in total. The first kappa shape index (κ1) is 28.3. The number of carbonyl (C=O) groups is 1. The van der Waals surface area contributed by atoms with Crippen LogP contribution in [0.4, 0.5) is 23.0 Å². The summed E-state index contributed by atoms with van der Waals surface area (Å²) in [6, 6.07) is 11.1. The maximum atomic E-state index is 12.7. The molecule has 0 aliphatic carbocycles. The van der Waals surface area contributed by atoms with Crippen molar-refractivity contribution >= 4 is 39.9 Å². The smallest absolute Gasteiger partial charge is 0.341 e. The van der Waals surface area contributed by atoms with Crippen molar-refractivity contribution in [2.24, 2.45) is 0 Å². The molecule has 4 aromatic rings. The molecule has 0 atom stereocenters. The Labute approximate surface area is 232 Å². The lowest BCUT2D eigenvalue weighted by Crippen LogP contribution is -2.29. The maximum absolute atomic E-state index is 12.7. The number of aryl methyl sites for hydroxylation is 1. The first-order valence-corrected chi connectivity index (χ1v) is 12.7. The minimum absolute atomic E-state index is 0.0326. The van der Waals surface area contributed by atoms with Crippen LogP contribution >= 0.6 is 0 Å². The second-order valence-corrected chi connectivity index (χ2v) is 9.96. The van der Waals surface area contributed by atoms with Crippen molar-refractivity contribution in [3.8, 4) is 11.3 Å². The van der Waals surface area contributed by atoms with E-state index in [-0.39, 0.29) is 17.2 Å². The zero-order chi connectivity index (χ0) is 29.1. The molecule has 0 fully saturated rings. The number of carbonyl (C=O) groups excluding carboxylic acids is 1. The number of nitrogens with one attached hydrogen (secondary N) is 1. The van der Waals surface area contributed by atoms with Crippen molar-refractivity contribution in [2.45, 2.75) is 6.92 Å². The summed E-state index contributed by atoms with van der Waals surface area (Å²) in [4.78, 5) is 37.3. The number of nitro benzene ring substituents is 1. The summed E-state index contributed by atoms with van der Waals surface area (Å²) in [5.41, 5.74) is 4.00. The Morgan fingerprint density at radius 1 is 1.12 bits per heavy atom. The molecule has 0 radical (unpaired) electrons. The summed E-state index contributed by atoms with van der Waals surface area (Å²) in [6.07, 6.45) is 3.31. The number of nitro groups is 1. The van der Waals surface area contributed by atoms with E-state index in [1.165, 1.54) is 19.4 Å². The van der Waals surface area contributed by atoms with Gasteiger partial charge in [0.1, 0.15) is 11.3 Å². The number of ether oxygens (including phenoxy) is 1. The minimum atomic E-state index is -0.569. The number of hydrogen-bond donors (Lipinski definition) is 1. The van der Waals surface area contributed by atoms with E-state index < -0.39 is 10.9 Å². The number of hydrogen-bond acceptors (Lipinski definition) is 10. The molecule has 0 aliphatic rings. The largest absolute Gasteiger partial charge is 0.465 e. The normalized spacial score (nSPS) is 11.1. The minimum Gasteiger partial charge on any atom is -0.465 e. The molecule has 0 saturated carbocycles. The predicted octanol–water partition coefficient (Wildman–Crippen LogP) is 4.04. The molecule has 12 nitrogen and oxygen atoms in total. The third-order valence-corrected chi connectivity index (χ3v) is 6.63. The first-order valence-electron chi connectivity index (χ1n) is 12.7. The van der Waals surface area contributed by atoms with Crippen molar-refractivity contribution < 1.29 is 14.5 Å². The van der Waals surface area contributed by atoms with E-state index in [9.17, 15) is 14.9 Å². The fraction of sp³-hybridized carbons (Fsp3) is 0.321.